The first kappa shape index (κ1) is 26.9. The van der Waals surface area contributed by atoms with Crippen LogP contribution in [-0.4, -0.2) is 61.4 Å². The average Bonchev–Trinajstić information content (AvgIpc) is 2.88. The first-order valence-corrected chi connectivity index (χ1v) is 11.8. The maximum atomic E-state index is 13.8. The summed E-state index contributed by atoms with van der Waals surface area (Å²) < 4.78 is 11.1. The highest BCUT2D eigenvalue weighted by atomic mass is 16.5. The minimum absolute atomic E-state index is 0.00159. The predicted molar refractivity (Wildman–Crippen MR) is 138 cm³/mol. The highest BCUT2D eigenvalue weighted by molar-refractivity contribution is 6.23. The van der Waals surface area contributed by atoms with E-state index in [-0.39, 0.29) is 39.0 Å². The van der Waals surface area contributed by atoms with Crippen LogP contribution in [0.25, 0.3) is 21.9 Å². The number of carbonyl (C=O) groups is 5. The molecular formula is C28H18O13. The number of ether oxygens (including phenoxy) is 1. The molecule has 0 radical (unpaired) electrons. The minimum Gasteiger partial charge on any atom is -0.508 e. The van der Waals surface area contributed by atoms with Gasteiger partial charge in [0.2, 0.25) is 5.43 Å². The standard InChI is InChI=1S/C28H18O13/c1-8-11(22(32)14-7-40-16-6-15(31)25(35)21(28(38)39)20(16)24(14)34)5-13-23(33)19-12(27(36)37)3-10(30)4-17(19)41-26(13)18(8)9(2)29/h3-6,14,30-31,35H,7H2,1-2H3,(H,36,37)(H,38,39)/t14-/m1/s1. The molecule has 0 saturated heterocycles. The van der Waals surface area contributed by atoms with Crippen molar-refractivity contribution >= 4 is 51.2 Å². The summed E-state index contributed by atoms with van der Waals surface area (Å²) >= 11 is 0. The van der Waals surface area contributed by atoms with E-state index in [1.54, 1.807) is 0 Å². The van der Waals surface area contributed by atoms with Gasteiger partial charge in [0.15, 0.2) is 28.8 Å². The van der Waals surface area contributed by atoms with Gasteiger partial charge >= 0.3 is 11.9 Å². The van der Waals surface area contributed by atoms with Crippen LogP contribution >= 0.6 is 0 Å². The number of hydrogen-bond acceptors (Lipinski definition) is 11. The van der Waals surface area contributed by atoms with Gasteiger partial charge in [0.05, 0.1) is 27.5 Å². The van der Waals surface area contributed by atoms with Gasteiger partial charge in [0, 0.05) is 17.7 Å². The van der Waals surface area contributed by atoms with Crippen molar-refractivity contribution in [3.05, 3.63) is 67.9 Å². The highest BCUT2D eigenvalue weighted by Gasteiger charge is 2.41. The molecule has 1 atom stereocenters. The second-order valence-electron chi connectivity index (χ2n) is 9.35. The van der Waals surface area contributed by atoms with Crippen molar-refractivity contribution in [3.63, 3.8) is 0 Å². The molecular weight excluding hydrogens is 544 g/mol. The van der Waals surface area contributed by atoms with E-state index >= 15 is 0 Å². The Hall–Kier alpha value is -5.72. The average molecular weight is 562 g/mol. The van der Waals surface area contributed by atoms with Crippen LogP contribution in [0.15, 0.2) is 33.5 Å². The summed E-state index contributed by atoms with van der Waals surface area (Å²) in [5.41, 5.74) is -4.27. The fraction of sp³-hybridized carbons (Fsp3) is 0.143. The number of aromatic carboxylic acids is 2. The lowest BCUT2D eigenvalue weighted by Crippen LogP contribution is -2.36. The van der Waals surface area contributed by atoms with E-state index < -0.39 is 86.6 Å². The Morgan fingerprint density at radius 1 is 0.902 bits per heavy atom. The molecule has 1 aromatic heterocycles. The third kappa shape index (κ3) is 3.93. The van der Waals surface area contributed by atoms with Crippen molar-refractivity contribution < 1.29 is 58.7 Å². The molecule has 208 valence electrons. The first-order valence-electron chi connectivity index (χ1n) is 11.8. The summed E-state index contributed by atoms with van der Waals surface area (Å²) in [4.78, 5) is 77.0. The number of phenolic OH excluding ortho intramolecular Hbond substituents is 2. The molecule has 0 unspecified atom stereocenters. The molecule has 2 heterocycles. The molecule has 41 heavy (non-hydrogen) atoms. The lowest BCUT2D eigenvalue weighted by atomic mass is 9.83. The zero-order chi connectivity index (χ0) is 30.1. The van der Waals surface area contributed by atoms with Crippen LogP contribution < -0.4 is 10.2 Å². The summed E-state index contributed by atoms with van der Waals surface area (Å²) in [6.45, 7) is 1.88. The van der Waals surface area contributed by atoms with E-state index in [0.717, 1.165) is 31.2 Å². The van der Waals surface area contributed by atoms with E-state index in [4.69, 9.17) is 9.15 Å². The summed E-state index contributed by atoms with van der Waals surface area (Å²) in [7, 11) is 0. The topological polar surface area (TPSA) is 226 Å². The lowest BCUT2D eigenvalue weighted by Gasteiger charge is -2.25. The molecule has 13 nitrogen and oxygen atoms in total. The molecule has 13 heteroatoms. The molecule has 0 bridgehead atoms. The second kappa shape index (κ2) is 9.19. The molecule has 1 aliphatic heterocycles. The molecule has 4 aromatic rings. The van der Waals surface area contributed by atoms with Crippen molar-refractivity contribution in [3.8, 4) is 23.0 Å². The molecule has 1 aliphatic rings. The summed E-state index contributed by atoms with van der Waals surface area (Å²) in [5.74, 6) is -10.5. The number of aromatic hydroxyl groups is 3. The van der Waals surface area contributed by atoms with Gasteiger partial charge in [-0.25, -0.2) is 9.59 Å². The normalized spacial score (nSPS) is 14.5. The summed E-state index contributed by atoms with van der Waals surface area (Å²) in [6, 6.07) is 3.71. The van der Waals surface area contributed by atoms with Crippen LogP contribution in [0.5, 0.6) is 23.0 Å². The molecule has 0 spiro atoms. The highest BCUT2D eigenvalue weighted by Crippen LogP contribution is 2.42. The van der Waals surface area contributed by atoms with Crippen molar-refractivity contribution in [2.75, 3.05) is 6.61 Å². The Labute approximate surface area is 227 Å². The van der Waals surface area contributed by atoms with Crippen molar-refractivity contribution in [1.82, 2.24) is 0 Å². The number of fused-ring (bicyclic) bond motifs is 3. The monoisotopic (exact) mass is 562 g/mol. The Bertz CT molecular complexity index is 1980. The molecule has 0 aliphatic carbocycles. The number of carboxylic acid groups (broad SMARTS) is 2. The largest absolute Gasteiger partial charge is 0.508 e. The molecule has 5 rings (SSSR count). The molecule has 0 fully saturated rings. The number of Topliss-reactive ketones (excluding diaryl/α,β-unsaturated/α-hetero) is 3. The number of ketones is 3. The van der Waals surface area contributed by atoms with Gasteiger partial charge in [-0.3, -0.25) is 19.2 Å². The van der Waals surface area contributed by atoms with Crippen LogP contribution in [0.3, 0.4) is 0 Å². The Morgan fingerprint density at radius 3 is 2.20 bits per heavy atom. The third-order valence-corrected chi connectivity index (χ3v) is 6.90. The maximum absolute atomic E-state index is 13.8. The van der Waals surface area contributed by atoms with E-state index in [1.165, 1.54) is 6.92 Å². The quantitative estimate of drug-likeness (QED) is 0.102. The Morgan fingerprint density at radius 2 is 1.59 bits per heavy atom. The maximum Gasteiger partial charge on any atom is 0.340 e. The van der Waals surface area contributed by atoms with Gasteiger partial charge < -0.3 is 34.7 Å². The van der Waals surface area contributed by atoms with Crippen molar-refractivity contribution in [2.45, 2.75) is 13.8 Å². The Balaban J connectivity index is 1.77. The van der Waals surface area contributed by atoms with E-state index in [0.29, 0.717) is 0 Å². The van der Waals surface area contributed by atoms with Crippen molar-refractivity contribution in [1.29, 1.82) is 0 Å². The number of rotatable bonds is 5. The SMILES string of the molecule is CC(=O)c1c(C)c(C(=O)[C@H]2COc3cc(O)c(O)c(C(=O)O)c3C2=O)cc2c(=O)c3c(C(=O)O)cc(O)cc3oc12. The molecule has 0 saturated carbocycles. The summed E-state index contributed by atoms with van der Waals surface area (Å²) in [6.07, 6.45) is 0. The van der Waals surface area contributed by atoms with E-state index in [2.05, 4.69) is 0 Å². The minimum atomic E-state index is -1.77. The smallest absolute Gasteiger partial charge is 0.340 e. The fourth-order valence-electron chi connectivity index (χ4n) is 5.05. The number of carboxylic acids is 2. The molecule has 5 N–H and O–H groups in total. The number of hydrogen-bond donors (Lipinski definition) is 5. The van der Waals surface area contributed by atoms with Gasteiger partial charge in [0.25, 0.3) is 0 Å². The number of phenols is 3. The van der Waals surface area contributed by atoms with Crippen LogP contribution in [0.2, 0.25) is 0 Å². The van der Waals surface area contributed by atoms with E-state index in [1.807, 2.05) is 0 Å². The van der Waals surface area contributed by atoms with Gasteiger partial charge in [-0.1, -0.05) is 0 Å². The Kier molecular flexibility index (Phi) is 6.02. The fourth-order valence-corrected chi connectivity index (χ4v) is 5.05. The van der Waals surface area contributed by atoms with Crippen LogP contribution in [0.1, 0.15) is 64.3 Å². The lowest BCUT2D eigenvalue weighted by molar-refractivity contribution is 0.0657. The van der Waals surface area contributed by atoms with Gasteiger partial charge in [-0.05, 0) is 31.5 Å². The van der Waals surface area contributed by atoms with Crippen LogP contribution in [0, 0.1) is 12.8 Å². The predicted octanol–water partition coefficient (Wildman–Crippen LogP) is 3.04. The van der Waals surface area contributed by atoms with Gasteiger partial charge in [-0.2, -0.15) is 0 Å². The first-order chi connectivity index (χ1) is 19.2. The summed E-state index contributed by atoms with van der Waals surface area (Å²) in [5, 5.41) is 48.2. The van der Waals surface area contributed by atoms with Crippen LogP contribution in [0.4, 0.5) is 0 Å². The van der Waals surface area contributed by atoms with Crippen molar-refractivity contribution in [2.24, 2.45) is 5.92 Å². The molecule has 0 amide bonds. The van der Waals surface area contributed by atoms with Gasteiger partial charge in [-0.15, -0.1) is 0 Å². The van der Waals surface area contributed by atoms with E-state index in [9.17, 15) is 54.3 Å². The zero-order valence-corrected chi connectivity index (χ0v) is 21.1. The van der Waals surface area contributed by atoms with Gasteiger partial charge in [0.1, 0.15) is 40.8 Å². The third-order valence-electron chi connectivity index (χ3n) is 6.90. The number of carbonyl (C=O) groups excluding carboxylic acids is 3. The van der Waals surface area contributed by atoms with Crippen LogP contribution in [-0.2, 0) is 0 Å². The zero-order valence-electron chi connectivity index (χ0n) is 21.1. The second-order valence-corrected chi connectivity index (χ2v) is 9.35. The molecule has 3 aromatic carbocycles. The number of benzene rings is 3.